The maximum atomic E-state index is 11.6. The van der Waals surface area contributed by atoms with Crippen molar-refractivity contribution in [1.82, 2.24) is 9.97 Å². The summed E-state index contributed by atoms with van der Waals surface area (Å²) in [5.41, 5.74) is 1.94. The highest BCUT2D eigenvalue weighted by molar-refractivity contribution is 6.05. The SMILES string of the molecule is CCc1nc(N[C@H](CC(C)C)C(=O)O)c2oc3ccccc3c2n1. The van der Waals surface area contributed by atoms with Crippen molar-refractivity contribution < 1.29 is 14.3 Å². The Kier molecular flexibility index (Phi) is 4.38. The molecule has 6 nitrogen and oxygen atoms in total. The monoisotopic (exact) mass is 327 g/mol. The Morgan fingerprint density at radius 3 is 2.71 bits per heavy atom. The number of furan rings is 1. The van der Waals surface area contributed by atoms with E-state index in [9.17, 15) is 9.90 Å². The van der Waals surface area contributed by atoms with Gasteiger partial charge in [0.15, 0.2) is 11.4 Å². The summed E-state index contributed by atoms with van der Waals surface area (Å²) in [6.07, 6.45) is 1.16. The number of para-hydroxylation sites is 1. The zero-order valence-corrected chi connectivity index (χ0v) is 14.0. The molecule has 126 valence electrons. The fourth-order valence-corrected chi connectivity index (χ4v) is 2.75. The van der Waals surface area contributed by atoms with Crippen LogP contribution in [-0.4, -0.2) is 27.1 Å². The molecule has 2 aromatic heterocycles. The van der Waals surface area contributed by atoms with E-state index in [1.165, 1.54) is 0 Å². The van der Waals surface area contributed by atoms with Crippen LogP contribution >= 0.6 is 0 Å². The number of hydrogen-bond donors (Lipinski definition) is 2. The van der Waals surface area contributed by atoms with E-state index in [1.54, 1.807) is 0 Å². The summed E-state index contributed by atoms with van der Waals surface area (Å²) in [7, 11) is 0. The molecule has 0 amide bonds. The molecule has 2 heterocycles. The summed E-state index contributed by atoms with van der Waals surface area (Å²) in [4.78, 5) is 20.6. The molecular weight excluding hydrogens is 306 g/mol. The number of carbonyl (C=O) groups is 1. The number of fused-ring (bicyclic) bond motifs is 3. The van der Waals surface area contributed by atoms with Crippen LogP contribution < -0.4 is 5.32 Å². The van der Waals surface area contributed by atoms with E-state index < -0.39 is 12.0 Å². The van der Waals surface area contributed by atoms with Gasteiger partial charge in [-0.2, -0.15) is 0 Å². The maximum Gasteiger partial charge on any atom is 0.326 e. The normalized spacial score (nSPS) is 12.8. The number of hydrogen-bond acceptors (Lipinski definition) is 5. The number of anilines is 1. The molecule has 1 aromatic carbocycles. The Morgan fingerprint density at radius 1 is 1.29 bits per heavy atom. The lowest BCUT2D eigenvalue weighted by Crippen LogP contribution is -2.31. The molecule has 0 aliphatic heterocycles. The standard InChI is InChI=1S/C18H21N3O3/c1-4-14-20-15-11-7-5-6-8-13(11)24-16(15)17(21-14)19-12(18(22)23)9-10(2)3/h5-8,10,12H,4,9H2,1-3H3,(H,22,23)(H,19,20,21)/t12-/m1/s1. The summed E-state index contributed by atoms with van der Waals surface area (Å²) in [6, 6.07) is 6.91. The second kappa shape index (κ2) is 6.47. The fourth-order valence-electron chi connectivity index (χ4n) is 2.75. The second-order valence-corrected chi connectivity index (χ2v) is 6.28. The van der Waals surface area contributed by atoms with Crippen LogP contribution in [0.15, 0.2) is 28.7 Å². The maximum absolute atomic E-state index is 11.6. The van der Waals surface area contributed by atoms with E-state index in [4.69, 9.17) is 4.42 Å². The Balaban J connectivity index is 2.13. The minimum Gasteiger partial charge on any atom is -0.480 e. The van der Waals surface area contributed by atoms with Gasteiger partial charge in [-0.15, -0.1) is 0 Å². The molecular formula is C18H21N3O3. The molecule has 1 atom stereocenters. The first-order valence-electron chi connectivity index (χ1n) is 8.17. The largest absolute Gasteiger partial charge is 0.480 e. The first-order valence-corrected chi connectivity index (χ1v) is 8.17. The fraction of sp³-hybridized carbons (Fsp3) is 0.389. The van der Waals surface area contributed by atoms with Crippen molar-refractivity contribution in [2.24, 2.45) is 5.92 Å². The molecule has 24 heavy (non-hydrogen) atoms. The van der Waals surface area contributed by atoms with Gasteiger partial charge in [0, 0.05) is 11.8 Å². The molecule has 2 N–H and O–H groups in total. The van der Waals surface area contributed by atoms with Gasteiger partial charge in [-0.1, -0.05) is 32.9 Å². The molecule has 0 saturated heterocycles. The van der Waals surface area contributed by atoms with E-state index in [0.717, 1.165) is 5.39 Å². The Morgan fingerprint density at radius 2 is 2.04 bits per heavy atom. The Bertz CT molecular complexity index is 886. The van der Waals surface area contributed by atoms with Crippen molar-refractivity contribution in [1.29, 1.82) is 0 Å². The minimum absolute atomic E-state index is 0.247. The predicted octanol–water partition coefficient (Wildman–Crippen LogP) is 3.85. The average Bonchev–Trinajstić information content (AvgIpc) is 2.92. The van der Waals surface area contributed by atoms with Crippen LogP contribution in [0, 0.1) is 5.92 Å². The molecule has 3 rings (SSSR count). The van der Waals surface area contributed by atoms with E-state index in [2.05, 4.69) is 15.3 Å². The van der Waals surface area contributed by atoms with Crippen molar-refractivity contribution in [2.75, 3.05) is 5.32 Å². The van der Waals surface area contributed by atoms with Crippen molar-refractivity contribution >= 4 is 33.9 Å². The van der Waals surface area contributed by atoms with Crippen LogP contribution in [0.2, 0.25) is 0 Å². The summed E-state index contributed by atoms with van der Waals surface area (Å²) in [5.74, 6) is 0.452. The summed E-state index contributed by atoms with van der Waals surface area (Å²) in [5, 5.41) is 13.4. The number of carboxylic acid groups (broad SMARTS) is 1. The van der Waals surface area contributed by atoms with Gasteiger partial charge in [0.25, 0.3) is 0 Å². The highest BCUT2D eigenvalue weighted by Crippen LogP contribution is 2.31. The lowest BCUT2D eigenvalue weighted by atomic mass is 10.0. The molecule has 3 aromatic rings. The third-order valence-corrected chi connectivity index (χ3v) is 3.90. The van der Waals surface area contributed by atoms with Crippen molar-refractivity contribution in [3.05, 3.63) is 30.1 Å². The summed E-state index contributed by atoms with van der Waals surface area (Å²) >= 11 is 0. The van der Waals surface area contributed by atoms with Crippen molar-refractivity contribution in [2.45, 2.75) is 39.7 Å². The molecule has 0 aliphatic rings. The third-order valence-electron chi connectivity index (χ3n) is 3.90. The molecule has 0 saturated carbocycles. The molecule has 0 bridgehead atoms. The number of aliphatic carboxylic acids is 1. The van der Waals surface area contributed by atoms with Crippen LogP contribution in [0.1, 0.15) is 33.0 Å². The number of carboxylic acids is 1. The zero-order valence-electron chi connectivity index (χ0n) is 14.0. The first-order chi connectivity index (χ1) is 11.5. The lowest BCUT2D eigenvalue weighted by Gasteiger charge is -2.17. The van der Waals surface area contributed by atoms with Crippen LogP contribution in [0.3, 0.4) is 0 Å². The topological polar surface area (TPSA) is 88.2 Å². The van der Waals surface area contributed by atoms with Crippen molar-refractivity contribution in [3.8, 4) is 0 Å². The summed E-state index contributed by atoms with van der Waals surface area (Å²) < 4.78 is 5.89. The minimum atomic E-state index is -0.898. The highest BCUT2D eigenvalue weighted by Gasteiger charge is 2.23. The van der Waals surface area contributed by atoms with Gasteiger partial charge >= 0.3 is 5.97 Å². The molecule has 0 spiro atoms. The second-order valence-electron chi connectivity index (χ2n) is 6.28. The van der Waals surface area contributed by atoms with Crippen LogP contribution in [-0.2, 0) is 11.2 Å². The average molecular weight is 327 g/mol. The van der Waals surface area contributed by atoms with Crippen LogP contribution in [0.4, 0.5) is 5.82 Å². The number of aryl methyl sites for hydroxylation is 1. The predicted molar refractivity (Wildman–Crippen MR) is 93.2 cm³/mol. The molecule has 0 unspecified atom stereocenters. The summed E-state index contributed by atoms with van der Waals surface area (Å²) in [6.45, 7) is 5.95. The van der Waals surface area contributed by atoms with Crippen molar-refractivity contribution in [3.63, 3.8) is 0 Å². The Hall–Kier alpha value is -2.63. The lowest BCUT2D eigenvalue weighted by molar-refractivity contribution is -0.138. The highest BCUT2D eigenvalue weighted by atomic mass is 16.4. The van der Waals surface area contributed by atoms with Crippen LogP contribution in [0.25, 0.3) is 22.1 Å². The van der Waals surface area contributed by atoms with Gasteiger partial charge in [-0.25, -0.2) is 14.8 Å². The number of aromatic nitrogens is 2. The quantitative estimate of drug-likeness (QED) is 0.715. The van der Waals surface area contributed by atoms with Gasteiger partial charge in [0.05, 0.1) is 0 Å². The van der Waals surface area contributed by atoms with Gasteiger partial charge in [-0.3, -0.25) is 0 Å². The number of nitrogens with one attached hydrogen (secondary N) is 1. The smallest absolute Gasteiger partial charge is 0.326 e. The number of rotatable bonds is 6. The third kappa shape index (κ3) is 3.04. The molecule has 6 heteroatoms. The zero-order chi connectivity index (χ0) is 17.3. The van der Waals surface area contributed by atoms with E-state index in [0.29, 0.717) is 41.2 Å². The van der Waals surface area contributed by atoms with Gasteiger partial charge in [0.2, 0.25) is 0 Å². The van der Waals surface area contributed by atoms with Crippen LogP contribution in [0.5, 0.6) is 0 Å². The van der Waals surface area contributed by atoms with Gasteiger partial charge < -0.3 is 14.8 Å². The molecule has 0 aliphatic carbocycles. The van der Waals surface area contributed by atoms with E-state index in [-0.39, 0.29) is 5.92 Å². The molecule has 0 radical (unpaired) electrons. The number of benzene rings is 1. The van der Waals surface area contributed by atoms with E-state index in [1.807, 2.05) is 45.0 Å². The van der Waals surface area contributed by atoms with E-state index >= 15 is 0 Å². The molecule has 0 fully saturated rings. The van der Waals surface area contributed by atoms with Gasteiger partial charge in [0.1, 0.15) is 23.0 Å². The Labute approximate surface area is 139 Å². The van der Waals surface area contributed by atoms with Gasteiger partial charge in [-0.05, 0) is 24.5 Å². The number of nitrogens with zero attached hydrogens (tertiary/aromatic N) is 2. The first kappa shape index (κ1) is 16.2.